The van der Waals surface area contributed by atoms with Gasteiger partial charge >= 0.3 is 0 Å². The molecule has 3 N–H and O–H groups in total. The molecule has 0 aliphatic carbocycles. The molecule has 2 saturated heterocycles. The van der Waals surface area contributed by atoms with Crippen LogP contribution in [0.4, 0.5) is 0 Å². The summed E-state index contributed by atoms with van der Waals surface area (Å²) in [6.07, 6.45) is 6.68. The highest BCUT2D eigenvalue weighted by atomic mass is 16.7. The van der Waals surface area contributed by atoms with Gasteiger partial charge in [-0.2, -0.15) is 0 Å². The second-order valence-corrected chi connectivity index (χ2v) is 11.8. The zero-order chi connectivity index (χ0) is 29.1. The number of hydrogen-bond donors (Lipinski definition) is 3. The molecule has 7 nitrogen and oxygen atoms in total. The van der Waals surface area contributed by atoms with Crippen molar-refractivity contribution in [3.8, 4) is 5.75 Å². The van der Waals surface area contributed by atoms with Crippen LogP contribution in [-0.4, -0.2) is 52.1 Å². The van der Waals surface area contributed by atoms with Crippen molar-refractivity contribution >= 4 is 17.0 Å². The van der Waals surface area contributed by atoms with Gasteiger partial charge < -0.3 is 33.9 Å². The number of benzene rings is 2. The lowest BCUT2D eigenvalue weighted by Gasteiger charge is -2.39. The van der Waals surface area contributed by atoms with Crippen molar-refractivity contribution in [1.29, 1.82) is 0 Å². The van der Waals surface area contributed by atoms with E-state index in [0.717, 1.165) is 41.3 Å². The lowest BCUT2D eigenvalue weighted by atomic mass is 9.80. The highest BCUT2D eigenvalue weighted by Crippen LogP contribution is 2.52. The lowest BCUT2D eigenvalue weighted by Crippen LogP contribution is -2.53. The first kappa shape index (κ1) is 29.8. The Morgan fingerprint density at radius 1 is 1.15 bits per heavy atom. The van der Waals surface area contributed by atoms with Gasteiger partial charge in [0.05, 0.1) is 36.7 Å². The van der Waals surface area contributed by atoms with Crippen LogP contribution in [-0.2, 0) is 22.5 Å². The predicted molar refractivity (Wildman–Crippen MR) is 159 cm³/mol. The Morgan fingerprint density at radius 2 is 1.93 bits per heavy atom. The van der Waals surface area contributed by atoms with Gasteiger partial charge in [0.15, 0.2) is 11.9 Å². The van der Waals surface area contributed by atoms with Crippen molar-refractivity contribution < 1.29 is 33.9 Å². The van der Waals surface area contributed by atoms with Crippen LogP contribution in [0.2, 0.25) is 0 Å². The van der Waals surface area contributed by atoms with E-state index in [9.17, 15) is 15.3 Å². The first-order chi connectivity index (χ1) is 19.8. The number of furan rings is 1. The SMILES string of the molecule is CCC[C@@H](c1coc2c(CO)c(OC/C=C/c3ccccc3)c(CC(C)C)cc12)[C@H]1C[C@@H](O)[C@@]2(O[C@@H]2CC)C(O)O1. The van der Waals surface area contributed by atoms with E-state index in [-0.39, 0.29) is 18.6 Å². The Kier molecular flexibility index (Phi) is 9.21. The van der Waals surface area contributed by atoms with Crippen LogP contribution >= 0.6 is 0 Å². The Hall–Kier alpha value is -2.68. The zero-order valence-corrected chi connectivity index (χ0v) is 24.6. The van der Waals surface area contributed by atoms with Gasteiger partial charge in [-0.1, -0.05) is 70.5 Å². The van der Waals surface area contributed by atoms with E-state index in [1.165, 1.54) is 0 Å². The first-order valence-electron chi connectivity index (χ1n) is 15.0. The third-order valence-electron chi connectivity index (χ3n) is 8.51. The van der Waals surface area contributed by atoms with Crippen LogP contribution in [0.5, 0.6) is 5.75 Å². The molecule has 0 bridgehead atoms. The first-order valence-corrected chi connectivity index (χ1v) is 15.0. The summed E-state index contributed by atoms with van der Waals surface area (Å²) in [5.74, 6) is 0.925. The molecule has 222 valence electrons. The molecule has 2 fully saturated rings. The largest absolute Gasteiger partial charge is 0.489 e. The summed E-state index contributed by atoms with van der Waals surface area (Å²) in [7, 11) is 0. The molecule has 3 heterocycles. The summed E-state index contributed by atoms with van der Waals surface area (Å²) in [5, 5.41) is 33.4. The quantitative estimate of drug-likeness (QED) is 0.228. The van der Waals surface area contributed by atoms with Crippen molar-refractivity contribution in [2.45, 2.75) is 103 Å². The highest BCUT2D eigenvalue weighted by Gasteiger charge is 2.68. The number of rotatable bonds is 12. The molecule has 2 aliphatic rings. The molecule has 0 amide bonds. The molecule has 1 unspecified atom stereocenters. The number of ether oxygens (including phenoxy) is 3. The fourth-order valence-electron chi connectivity index (χ4n) is 6.51. The van der Waals surface area contributed by atoms with Crippen LogP contribution in [0.15, 0.2) is 53.2 Å². The van der Waals surface area contributed by atoms with Crippen LogP contribution in [0.1, 0.15) is 81.5 Å². The van der Waals surface area contributed by atoms with Crippen molar-refractivity contribution in [2.75, 3.05) is 6.61 Å². The van der Waals surface area contributed by atoms with Gasteiger partial charge in [-0.15, -0.1) is 0 Å². The third kappa shape index (κ3) is 5.84. The highest BCUT2D eigenvalue weighted by molar-refractivity contribution is 5.88. The minimum atomic E-state index is -1.19. The number of aliphatic hydroxyl groups excluding tert-OH is 3. The van der Waals surface area contributed by atoms with E-state index >= 15 is 0 Å². The summed E-state index contributed by atoms with van der Waals surface area (Å²) in [4.78, 5) is 0. The van der Waals surface area contributed by atoms with Crippen molar-refractivity contribution in [2.24, 2.45) is 5.92 Å². The van der Waals surface area contributed by atoms with Gasteiger partial charge in [0, 0.05) is 23.3 Å². The maximum atomic E-state index is 11.1. The maximum absolute atomic E-state index is 11.1. The zero-order valence-electron chi connectivity index (χ0n) is 24.6. The average molecular weight is 565 g/mol. The standard InChI is InChI=1S/C34H44O7/c1-5-11-24(28-18-29(36)34(33(37)40-28)30(6-2)41-34)27-20-39-32-25(27)17-23(16-21(3)4)31(26(32)19-35)38-15-10-14-22-12-8-7-9-13-22/h7-10,12-14,17,20-21,24,28-30,33,35-37H,5-6,11,15-16,18-19H2,1-4H3/b14-10+/t24-,28+,29+,30+,33?,34-/m0/s1. The van der Waals surface area contributed by atoms with Crippen LogP contribution in [0, 0.1) is 5.92 Å². The van der Waals surface area contributed by atoms with Crippen molar-refractivity contribution in [3.05, 3.63) is 71.0 Å². The molecule has 3 aromatic rings. The lowest BCUT2D eigenvalue weighted by molar-refractivity contribution is -0.236. The van der Waals surface area contributed by atoms with E-state index in [1.54, 1.807) is 6.26 Å². The maximum Gasteiger partial charge on any atom is 0.189 e. The molecule has 0 radical (unpaired) electrons. The fraction of sp³-hybridized carbons (Fsp3) is 0.529. The van der Waals surface area contributed by atoms with Gasteiger partial charge in [-0.25, -0.2) is 0 Å². The molecule has 6 atom stereocenters. The van der Waals surface area contributed by atoms with E-state index in [4.69, 9.17) is 18.6 Å². The van der Waals surface area contributed by atoms with E-state index in [1.807, 2.05) is 49.4 Å². The molecular formula is C34H44O7. The fourth-order valence-corrected chi connectivity index (χ4v) is 6.51. The molecule has 2 aliphatic heterocycles. The summed E-state index contributed by atoms with van der Waals surface area (Å²) in [5.41, 5.74) is 3.29. The monoisotopic (exact) mass is 564 g/mol. The molecule has 41 heavy (non-hydrogen) atoms. The van der Waals surface area contributed by atoms with Gasteiger partial charge in [0.25, 0.3) is 0 Å². The van der Waals surface area contributed by atoms with Crippen LogP contribution in [0.25, 0.3) is 17.0 Å². The third-order valence-corrected chi connectivity index (χ3v) is 8.51. The van der Waals surface area contributed by atoms with Gasteiger partial charge in [-0.05, 0) is 48.4 Å². The Labute approximate surface area is 242 Å². The molecular weight excluding hydrogens is 520 g/mol. The Morgan fingerprint density at radius 3 is 2.56 bits per heavy atom. The van der Waals surface area contributed by atoms with Crippen molar-refractivity contribution in [1.82, 2.24) is 0 Å². The summed E-state index contributed by atoms with van der Waals surface area (Å²) < 4.78 is 24.4. The summed E-state index contributed by atoms with van der Waals surface area (Å²) in [6, 6.07) is 12.2. The van der Waals surface area contributed by atoms with Gasteiger partial charge in [0.2, 0.25) is 0 Å². The van der Waals surface area contributed by atoms with Gasteiger partial charge in [0.1, 0.15) is 17.9 Å². The summed E-state index contributed by atoms with van der Waals surface area (Å²) in [6.45, 7) is 8.56. The molecule has 1 spiro atoms. The molecule has 0 saturated carbocycles. The molecule has 5 rings (SSSR count). The topological polar surface area (TPSA) is 105 Å². The minimum absolute atomic E-state index is 0.110. The van der Waals surface area contributed by atoms with E-state index < -0.39 is 24.1 Å². The number of epoxide rings is 1. The molecule has 1 aromatic heterocycles. The predicted octanol–water partition coefficient (Wildman–Crippen LogP) is 6.12. The molecule has 2 aromatic carbocycles. The number of aliphatic hydroxyl groups is 3. The average Bonchev–Trinajstić information content (AvgIpc) is 3.57. The number of fused-ring (bicyclic) bond motifs is 1. The molecule has 7 heteroatoms. The van der Waals surface area contributed by atoms with Crippen molar-refractivity contribution in [3.63, 3.8) is 0 Å². The van der Waals surface area contributed by atoms with E-state index in [0.29, 0.717) is 42.3 Å². The van der Waals surface area contributed by atoms with E-state index in [2.05, 4.69) is 26.8 Å². The second kappa shape index (κ2) is 12.7. The van der Waals surface area contributed by atoms with Gasteiger partial charge in [-0.3, -0.25) is 0 Å². The van der Waals surface area contributed by atoms with Crippen LogP contribution < -0.4 is 4.74 Å². The Balaban J connectivity index is 1.47. The Bertz CT molecular complexity index is 1320. The second-order valence-electron chi connectivity index (χ2n) is 11.8. The summed E-state index contributed by atoms with van der Waals surface area (Å²) >= 11 is 0. The minimum Gasteiger partial charge on any atom is -0.489 e. The smallest absolute Gasteiger partial charge is 0.189 e. The van der Waals surface area contributed by atoms with Crippen LogP contribution in [0.3, 0.4) is 0 Å². The normalized spacial score (nSPS) is 26.8. The number of hydrogen-bond acceptors (Lipinski definition) is 7.